The molecule has 0 heterocycles. The van der Waals surface area contributed by atoms with Crippen LogP contribution in [0.5, 0.6) is 0 Å². The van der Waals surface area contributed by atoms with E-state index in [4.69, 9.17) is 0 Å². The summed E-state index contributed by atoms with van der Waals surface area (Å²) in [6.45, 7) is 16.8. The Hall–Kier alpha value is -1.80. The summed E-state index contributed by atoms with van der Waals surface area (Å²) in [5.41, 5.74) is 2.87. The van der Waals surface area contributed by atoms with Crippen LogP contribution >= 0.6 is 0 Å². The second kappa shape index (κ2) is 9.23. The standard InChI is InChI=1S/C24H33BSi/c1-7-23(25(8-2)9-3)24(20(4)5)26(6,21-16-12-10-13-17-21)22-18-14-11-15-19-22/h10-19H,4,7-9H2,1-3,5-6H3/b24-23-. The Labute approximate surface area is 162 Å². The molecule has 0 aliphatic rings. The minimum Gasteiger partial charge on any atom is -0.101 e. The van der Waals surface area contributed by atoms with Crippen LogP contribution in [0.1, 0.15) is 34.1 Å². The van der Waals surface area contributed by atoms with E-state index in [1.807, 2.05) is 0 Å². The van der Waals surface area contributed by atoms with E-state index >= 15 is 0 Å². The molecule has 0 spiro atoms. The minimum absolute atomic E-state index is 0.644. The molecule has 0 unspecified atom stereocenters. The summed E-state index contributed by atoms with van der Waals surface area (Å²) in [5, 5.41) is 4.51. The molecule has 0 N–H and O–H groups in total. The topological polar surface area (TPSA) is 0 Å². The van der Waals surface area contributed by atoms with Crippen LogP contribution < -0.4 is 10.4 Å². The lowest BCUT2D eigenvalue weighted by atomic mass is 9.40. The second-order valence-corrected chi connectivity index (χ2v) is 11.3. The molecule has 0 fully saturated rings. The molecule has 0 amide bonds. The summed E-state index contributed by atoms with van der Waals surface area (Å²) in [7, 11) is -2.09. The zero-order valence-electron chi connectivity index (χ0n) is 17.2. The number of rotatable bonds is 8. The fourth-order valence-electron chi connectivity index (χ4n) is 4.47. The van der Waals surface area contributed by atoms with Gasteiger partial charge in [-0.15, -0.1) is 5.47 Å². The molecular weight excluding hydrogens is 327 g/mol. The van der Waals surface area contributed by atoms with Crippen LogP contribution in [0, 0.1) is 0 Å². The predicted molar refractivity (Wildman–Crippen MR) is 123 cm³/mol. The molecule has 26 heavy (non-hydrogen) atoms. The molecule has 2 heteroatoms. The van der Waals surface area contributed by atoms with E-state index in [0.29, 0.717) is 6.71 Å². The van der Waals surface area contributed by atoms with Crippen LogP contribution in [-0.4, -0.2) is 14.8 Å². The quantitative estimate of drug-likeness (QED) is 0.414. The molecule has 2 aromatic carbocycles. The van der Waals surface area contributed by atoms with E-state index in [1.165, 1.54) is 28.6 Å². The summed E-state index contributed by atoms with van der Waals surface area (Å²) in [6, 6.07) is 22.3. The largest absolute Gasteiger partial charge is 0.169 e. The third-order valence-electron chi connectivity index (χ3n) is 5.81. The summed E-state index contributed by atoms with van der Waals surface area (Å²) in [5.74, 6) is 0. The first-order valence-electron chi connectivity index (χ1n) is 10.0. The van der Waals surface area contributed by atoms with Gasteiger partial charge < -0.3 is 0 Å². The third kappa shape index (κ3) is 3.96. The van der Waals surface area contributed by atoms with Gasteiger partial charge in [0, 0.05) is 0 Å². The van der Waals surface area contributed by atoms with Gasteiger partial charge >= 0.3 is 0 Å². The normalized spacial score (nSPS) is 12.5. The molecule has 0 bridgehead atoms. The Balaban J connectivity index is 2.87. The first kappa shape index (κ1) is 20.5. The van der Waals surface area contributed by atoms with Gasteiger partial charge in [0.1, 0.15) is 8.07 Å². The van der Waals surface area contributed by atoms with Crippen LogP contribution in [0.15, 0.2) is 83.5 Å². The molecule has 0 aromatic heterocycles. The molecule has 2 aromatic rings. The van der Waals surface area contributed by atoms with Gasteiger partial charge in [0.05, 0.1) is 0 Å². The number of hydrogen-bond acceptors (Lipinski definition) is 0. The van der Waals surface area contributed by atoms with E-state index in [2.05, 4.69) is 101 Å². The van der Waals surface area contributed by atoms with E-state index < -0.39 is 8.07 Å². The second-order valence-electron chi connectivity index (χ2n) is 7.40. The molecule has 0 aliphatic carbocycles. The zero-order chi connectivity index (χ0) is 19.2. The first-order chi connectivity index (χ1) is 12.5. The maximum absolute atomic E-state index is 4.47. The van der Waals surface area contributed by atoms with Crippen molar-refractivity contribution in [3.63, 3.8) is 0 Å². The first-order valence-corrected chi connectivity index (χ1v) is 12.5. The van der Waals surface area contributed by atoms with Crippen molar-refractivity contribution in [1.82, 2.24) is 0 Å². The van der Waals surface area contributed by atoms with Crippen molar-refractivity contribution in [2.45, 2.75) is 53.3 Å². The van der Waals surface area contributed by atoms with Gasteiger partial charge in [0.25, 0.3) is 0 Å². The highest BCUT2D eigenvalue weighted by molar-refractivity contribution is 7.07. The molecule has 2 rings (SSSR count). The highest BCUT2D eigenvalue weighted by Gasteiger charge is 2.38. The van der Waals surface area contributed by atoms with E-state index in [0.717, 1.165) is 6.42 Å². The van der Waals surface area contributed by atoms with Crippen LogP contribution in [0.3, 0.4) is 0 Å². The molecule has 136 valence electrons. The summed E-state index contributed by atoms with van der Waals surface area (Å²) in [6.07, 6.45) is 3.51. The maximum Gasteiger partial charge on any atom is 0.169 e. The van der Waals surface area contributed by atoms with Gasteiger partial charge in [-0.1, -0.05) is 118 Å². The SMILES string of the molecule is C=C(C)/C(=C(\CC)B(CC)CC)[Si](C)(c1ccccc1)c1ccccc1. The van der Waals surface area contributed by atoms with Gasteiger partial charge in [0.2, 0.25) is 0 Å². The highest BCUT2D eigenvalue weighted by atomic mass is 28.3. The van der Waals surface area contributed by atoms with Crippen LogP contribution in [0.2, 0.25) is 19.2 Å². The van der Waals surface area contributed by atoms with Crippen molar-refractivity contribution >= 4 is 25.2 Å². The van der Waals surface area contributed by atoms with Crippen molar-refractivity contribution in [3.8, 4) is 0 Å². The maximum atomic E-state index is 4.47. The van der Waals surface area contributed by atoms with Gasteiger partial charge in [-0.3, -0.25) is 0 Å². The Morgan fingerprint density at radius 1 is 0.846 bits per heavy atom. The van der Waals surface area contributed by atoms with Gasteiger partial charge in [-0.25, -0.2) is 0 Å². The molecule has 0 nitrogen and oxygen atoms in total. The van der Waals surface area contributed by atoms with Crippen molar-refractivity contribution in [2.24, 2.45) is 0 Å². The Morgan fingerprint density at radius 3 is 1.58 bits per heavy atom. The van der Waals surface area contributed by atoms with Gasteiger partial charge in [0.15, 0.2) is 6.71 Å². The molecule has 0 saturated carbocycles. The molecule has 0 radical (unpaired) electrons. The van der Waals surface area contributed by atoms with Crippen molar-refractivity contribution in [3.05, 3.63) is 83.5 Å². The smallest absolute Gasteiger partial charge is 0.101 e. The minimum atomic E-state index is -2.09. The van der Waals surface area contributed by atoms with Crippen molar-refractivity contribution in [1.29, 1.82) is 0 Å². The van der Waals surface area contributed by atoms with Crippen LogP contribution in [0.4, 0.5) is 0 Å². The van der Waals surface area contributed by atoms with Gasteiger partial charge in [-0.05, 0) is 23.7 Å². The average molecular weight is 360 g/mol. The fourth-order valence-corrected chi connectivity index (χ4v) is 8.98. The van der Waals surface area contributed by atoms with Gasteiger partial charge in [-0.2, -0.15) is 0 Å². The summed E-state index contributed by atoms with van der Waals surface area (Å²) in [4.78, 5) is 0. The highest BCUT2D eigenvalue weighted by Crippen LogP contribution is 2.30. The molecule has 0 atom stereocenters. The number of hydrogen-bond donors (Lipinski definition) is 0. The Morgan fingerprint density at radius 2 is 1.27 bits per heavy atom. The molecule has 0 saturated heterocycles. The van der Waals surface area contributed by atoms with Crippen molar-refractivity contribution < 1.29 is 0 Å². The lowest BCUT2D eigenvalue weighted by Gasteiger charge is -2.36. The van der Waals surface area contributed by atoms with E-state index in [-0.39, 0.29) is 0 Å². The molecule has 0 aliphatic heterocycles. The molecular formula is C24H33BSi. The average Bonchev–Trinajstić information content (AvgIpc) is 2.68. The van der Waals surface area contributed by atoms with E-state index in [9.17, 15) is 0 Å². The lowest BCUT2D eigenvalue weighted by Crippen LogP contribution is -2.58. The third-order valence-corrected chi connectivity index (χ3v) is 10.5. The lowest BCUT2D eigenvalue weighted by molar-refractivity contribution is 1.13. The Bertz CT molecular complexity index is 703. The van der Waals surface area contributed by atoms with Crippen molar-refractivity contribution in [2.75, 3.05) is 0 Å². The van der Waals surface area contributed by atoms with Crippen LogP contribution in [0.25, 0.3) is 0 Å². The Kier molecular flexibility index (Phi) is 7.28. The fraction of sp³-hybridized carbons (Fsp3) is 0.333. The number of benzene rings is 2. The summed E-state index contributed by atoms with van der Waals surface area (Å²) >= 11 is 0. The zero-order valence-corrected chi connectivity index (χ0v) is 18.2. The van der Waals surface area contributed by atoms with E-state index in [1.54, 1.807) is 10.7 Å². The van der Waals surface area contributed by atoms with Crippen LogP contribution in [-0.2, 0) is 0 Å². The monoisotopic (exact) mass is 360 g/mol. The summed E-state index contributed by atoms with van der Waals surface area (Å²) < 4.78 is 0. The predicted octanol–water partition coefficient (Wildman–Crippen LogP) is 5.78. The number of allylic oxidation sites excluding steroid dienone is 3.